The predicted molar refractivity (Wildman–Crippen MR) is 90.0 cm³/mol. The third-order valence-electron chi connectivity index (χ3n) is 3.79. The minimum Gasteiger partial charge on any atom is -0.387 e. The highest BCUT2D eigenvalue weighted by Crippen LogP contribution is 2.80. The molecule has 0 spiro atoms. The van der Waals surface area contributed by atoms with E-state index < -0.39 is 60.3 Å². The lowest BCUT2D eigenvalue weighted by Gasteiger charge is -2.27. The molecule has 0 amide bonds. The number of hydrogen-bond acceptors (Lipinski definition) is 13. The van der Waals surface area contributed by atoms with E-state index in [2.05, 4.69) is 22.4 Å². The summed E-state index contributed by atoms with van der Waals surface area (Å²) < 4.78 is 57.7. The highest BCUT2D eigenvalue weighted by Gasteiger charge is 2.55. The van der Waals surface area contributed by atoms with E-state index in [0.29, 0.717) is 5.56 Å². The van der Waals surface area contributed by atoms with Crippen molar-refractivity contribution >= 4 is 29.3 Å². The molecule has 0 aromatic carbocycles. The van der Waals surface area contributed by atoms with Crippen molar-refractivity contribution in [3.8, 4) is 0 Å². The quantitative estimate of drug-likeness (QED) is 0.330. The SMILES string of the molecule is Cc1cn([C@@H]2O[C@H](COP3(=O)OP(=O)(O)OP(=O)(O)O3)C(O)[C@@H]2O)c(=O)nc1N. The van der Waals surface area contributed by atoms with Crippen molar-refractivity contribution in [3.05, 3.63) is 22.2 Å². The Morgan fingerprint density at radius 3 is 2.34 bits per heavy atom. The maximum absolute atomic E-state index is 12.2. The van der Waals surface area contributed by atoms with Gasteiger partial charge in [-0.3, -0.25) is 9.09 Å². The normalized spacial score (nSPS) is 42.8. The van der Waals surface area contributed by atoms with Gasteiger partial charge in [0.25, 0.3) is 0 Å². The van der Waals surface area contributed by atoms with Crippen LogP contribution in [0.3, 0.4) is 0 Å². The van der Waals surface area contributed by atoms with Gasteiger partial charge in [0.2, 0.25) is 0 Å². The number of aromatic nitrogens is 2. The Kier molecular flexibility index (Phi) is 5.95. The summed E-state index contributed by atoms with van der Waals surface area (Å²) in [6.45, 7) is 0.630. The number of nitrogen functional groups attached to an aromatic ring is 1. The summed E-state index contributed by atoms with van der Waals surface area (Å²) >= 11 is 0. The third-order valence-corrected chi connectivity index (χ3v) is 9.16. The maximum atomic E-state index is 12.2. The van der Waals surface area contributed by atoms with E-state index in [0.717, 1.165) is 4.57 Å². The van der Waals surface area contributed by atoms with Crippen LogP contribution in [0.5, 0.6) is 0 Å². The zero-order valence-electron chi connectivity index (χ0n) is 14.4. The lowest BCUT2D eigenvalue weighted by Crippen LogP contribution is -2.36. The van der Waals surface area contributed by atoms with Crippen LogP contribution in [0.2, 0.25) is 0 Å². The van der Waals surface area contributed by atoms with Crippen molar-refractivity contribution in [1.29, 1.82) is 0 Å². The summed E-state index contributed by atoms with van der Waals surface area (Å²) in [4.78, 5) is 33.9. The summed E-state index contributed by atoms with van der Waals surface area (Å²) in [6, 6.07) is 0. The van der Waals surface area contributed by atoms with Crippen LogP contribution < -0.4 is 11.4 Å². The fourth-order valence-corrected chi connectivity index (χ4v) is 7.43. The van der Waals surface area contributed by atoms with Gasteiger partial charge in [-0.25, -0.2) is 18.5 Å². The Hall–Kier alpha value is -0.990. The number of aliphatic hydroxyl groups is 2. The van der Waals surface area contributed by atoms with Crippen LogP contribution in [0.15, 0.2) is 11.0 Å². The average Bonchev–Trinajstić information content (AvgIpc) is 2.81. The van der Waals surface area contributed by atoms with Gasteiger partial charge in [0.05, 0.1) is 6.61 Å². The van der Waals surface area contributed by atoms with Crippen molar-refractivity contribution in [2.45, 2.75) is 31.5 Å². The van der Waals surface area contributed by atoms with E-state index in [1.165, 1.54) is 13.1 Å². The molecule has 1 aromatic heterocycles. The molecule has 6 atom stereocenters. The van der Waals surface area contributed by atoms with E-state index in [1.807, 2.05) is 0 Å². The summed E-state index contributed by atoms with van der Waals surface area (Å²) in [5, 5.41) is 20.3. The molecular weight excluding hydrogens is 463 g/mol. The monoisotopic (exact) mass is 479 g/mol. The second kappa shape index (κ2) is 7.61. The summed E-state index contributed by atoms with van der Waals surface area (Å²) in [5.74, 6) is -0.0482. The van der Waals surface area contributed by atoms with E-state index in [1.54, 1.807) is 0 Å². The molecule has 2 fully saturated rings. The van der Waals surface area contributed by atoms with Gasteiger partial charge in [0.15, 0.2) is 6.23 Å². The molecule has 3 heterocycles. The molecule has 164 valence electrons. The molecule has 0 bridgehead atoms. The minimum atomic E-state index is -5.24. The summed E-state index contributed by atoms with van der Waals surface area (Å²) in [6.07, 6.45) is -5.04. The van der Waals surface area contributed by atoms with Gasteiger partial charge in [0.1, 0.15) is 24.1 Å². The number of phosphoric acid groups is 3. The van der Waals surface area contributed by atoms with Crippen molar-refractivity contribution in [1.82, 2.24) is 9.55 Å². The van der Waals surface area contributed by atoms with Gasteiger partial charge in [-0.15, -0.1) is 0 Å². The molecule has 3 rings (SSSR count). The van der Waals surface area contributed by atoms with E-state index in [4.69, 9.17) is 10.5 Å². The molecule has 29 heavy (non-hydrogen) atoms. The number of anilines is 1. The van der Waals surface area contributed by atoms with Gasteiger partial charge in [0, 0.05) is 11.8 Å². The zero-order valence-corrected chi connectivity index (χ0v) is 17.1. The molecule has 0 aliphatic carbocycles. The van der Waals surface area contributed by atoms with Gasteiger partial charge < -0.3 is 30.5 Å². The smallest absolute Gasteiger partial charge is 0.387 e. The number of aliphatic hydroxyl groups excluding tert-OH is 2. The van der Waals surface area contributed by atoms with Crippen LogP contribution in [0, 0.1) is 6.92 Å². The second-order valence-corrected chi connectivity index (χ2v) is 11.0. The molecular formula is C10H16N3O13P3. The number of ether oxygens (including phenoxy) is 1. The van der Waals surface area contributed by atoms with Crippen LogP contribution in [0.1, 0.15) is 11.8 Å². The molecule has 0 radical (unpaired) electrons. The van der Waals surface area contributed by atoms with Gasteiger partial charge in [-0.05, 0) is 6.92 Å². The minimum absolute atomic E-state index is 0.0482. The van der Waals surface area contributed by atoms with Crippen molar-refractivity contribution in [2.24, 2.45) is 0 Å². The molecule has 2 aliphatic rings. The first-order valence-corrected chi connectivity index (χ1v) is 12.1. The number of nitrogens with two attached hydrogens (primary N) is 1. The van der Waals surface area contributed by atoms with Crippen LogP contribution in [0.4, 0.5) is 5.82 Å². The molecule has 19 heteroatoms. The number of nitrogens with zero attached hydrogens (tertiary/aromatic N) is 2. The molecule has 16 nitrogen and oxygen atoms in total. The fourth-order valence-electron chi connectivity index (χ4n) is 2.50. The number of hydrogen-bond donors (Lipinski definition) is 5. The molecule has 2 saturated heterocycles. The first-order valence-electron chi connectivity index (χ1n) is 7.63. The molecule has 3 unspecified atom stereocenters. The van der Waals surface area contributed by atoms with Crippen LogP contribution in [0.25, 0.3) is 0 Å². The lowest BCUT2D eigenvalue weighted by molar-refractivity contribution is -0.0545. The highest BCUT2D eigenvalue weighted by molar-refractivity contribution is 7.74. The standard InChI is InChI=1S/C10H16N3O13P3/c1-4-2-13(10(16)12-8(4)11)9-7(15)6(14)5(23-9)3-22-29(21)25-27(17,18)24-28(19,20)26-29/h2,5-7,9,14-15H,3H2,1H3,(H,17,18)(H,19,20)(H2,11,12,16)/t5-,6?,7+,9-/m1/s1. The zero-order chi connectivity index (χ0) is 21.8. The van der Waals surface area contributed by atoms with Crippen LogP contribution in [-0.2, 0) is 35.9 Å². The van der Waals surface area contributed by atoms with Gasteiger partial charge >= 0.3 is 29.2 Å². The largest absolute Gasteiger partial charge is 0.492 e. The molecule has 2 aliphatic heterocycles. The van der Waals surface area contributed by atoms with E-state index in [-0.39, 0.29) is 5.82 Å². The third kappa shape index (κ3) is 4.85. The Bertz CT molecular complexity index is 984. The summed E-state index contributed by atoms with van der Waals surface area (Å²) in [7, 11) is -15.6. The van der Waals surface area contributed by atoms with Crippen molar-refractivity contribution < 1.29 is 55.9 Å². The van der Waals surface area contributed by atoms with Crippen molar-refractivity contribution in [3.63, 3.8) is 0 Å². The molecule has 1 aromatic rings. The molecule has 6 N–H and O–H groups in total. The van der Waals surface area contributed by atoms with Crippen LogP contribution >= 0.6 is 23.5 Å². The van der Waals surface area contributed by atoms with Crippen LogP contribution in [-0.4, -0.2) is 54.5 Å². The molecule has 0 saturated carbocycles. The second-order valence-electron chi connectivity index (χ2n) is 5.97. The number of aryl methyl sites for hydroxylation is 1. The lowest BCUT2D eigenvalue weighted by atomic mass is 10.1. The highest BCUT2D eigenvalue weighted by atomic mass is 31.3. The number of rotatable bonds is 4. The Morgan fingerprint density at radius 2 is 1.76 bits per heavy atom. The Morgan fingerprint density at radius 1 is 1.17 bits per heavy atom. The first kappa shape index (κ1) is 22.7. The maximum Gasteiger partial charge on any atom is 0.492 e. The topological polar surface area (TPSA) is 239 Å². The van der Waals surface area contributed by atoms with E-state index in [9.17, 15) is 38.5 Å². The van der Waals surface area contributed by atoms with E-state index >= 15 is 0 Å². The van der Waals surface area contributed by atoms with Crippen molar-refractivity contribution in [2.75, 3.05) is 12.3 Å². The fraction of sp³-hybridized carbons (Fsp3) is 0.600. The van der Waals surface area contributed by atoms with Gasteiger partial charge in [-0.2, -0.15) is 17.9 Å². The first-order chi connectivity index (χ1) is 13.2. The van der Waals surface area contributed by atoms with Gasteiger partial charge in [-0.1, -0.05) is 0 Å². The average molecular weight is 479 g/mol. The Labute approximate surface area is 161 Å². The predicted octanol–water partition coefficient (Wildman–Crippen LogP) is -0.858. The Balaban J connectivity index is 1.76. The summed E-state index contributed by atoms with van der Waals surface area (Å²) in [5.41, 5.74) is 5.00.